The van der Waals surface area contributed by atoms with Crippen molar-refractivity contribution in [1.82, 2.24) is 4.98 Å². The molecular formula is C14H21N. The van der Waals surface area contributed by atoms with Gasteiger partial charge in [0.05, 0.1) is 0 Å². The topological polar surface area (TPSA) is 12.9 Å². The van der Waals surface area contributed by atoms with E-state index >= 15 is 0 Å². The first-order valence-electron chi connectivity index (χ1n) is 5.90. The van der Waals surface area contributed by atoms with Crippen molar-refractivity contribution >= 4 is 0 Å². The van der Waals surface area contributed by atoms with Crippen LogP contribution in [-0.4, -0.2) is 4.98 Å². The Morgan fingerprint density at radius 3 is 2.80 bits per heavy atom. The highest BCUT2D eigenvalue weighted by atomic mass is 14.7. The maximum absolute atomic E-state index is 4.83. The van der Waals surface area contributed by atoms with Crippen LogP contribution in [0.25, 0.3) is 0 Å². The van der Waals surface area contributed by atoms with Crippen LogP contribution in [0.3, 0.4) is 0 Å². The van der Waals surface area contributed by atoms with E-state index in [4.69, 9.17) is 4.98 Å². The summed E-state index contributed by atoms with van der Waals surface area (Å²) in [6, 6.07) is 2.46. The van der Waals surface area contributed by atoms with Crippen LogP contribution in [0, 0.1) is 0 Å². The van der Waals surface area contributed by atoms with Gasteiger partial charge < -0.3 is 0 Å². The Labute approximate surface area is 92.9 Å². The molecule has 1 heteroatoms. The van der Waals surface area contributed by atoms with Crippen LogP contribution in [-0.2, 0) is 19.3 Å². The molecule has 1 heterocycles. The number of hydrogen-bond donors (Lipinski definition) is 0. The van der Waals surface area contributed by atoms with Crippen LogP contribution < -0.4 is 0 Å². The zero-order valence-electron chi connectivity index (χ0n) is 8.84. The molecule has 0 radical (unpaired) electrons. The van der Waals surface area contributed by atoms with E-state index in [1.807, 2.05) is 0 Å². The van der Waals surface area contributed by atoms with Crippen molar-refractivity contribution in [3.8, 4) is 0 Å². The smallest absolute Gasteiger partial charge is 0.0439 e. The van der Waals surface area contributed by atoms with Gasteiger partial charge in [-0.2, -0.15) is 0 Å². The van der Waals surface area contributed by atoms with E-state index in [9.17, 15) is 0 Å². The fraction of sp³-hybridized carbons (Fsp3) is 0.643. The van der Waals surface area contributed by atoms with Crippen molar-refractivity contribution in [3.63, 3.8) is 0 Å². The molecule has 0 saturated heterocycles. The quantitative estimate of drug-likeness (QED) is 0.715. The Morgan fingerprint density at radius 1 is 1.33 bits per heavy atom. The van der Waals surface area contributed by atoms with E-state index in [2.05, 4.69) is 13.0 Å². The first-order valence-corrected chi connectivity index (χ1v) is 5.90. The number of pyridine rings is 1. The summed E-state index contributed by atoms with van der Waals surface area (Å²) in [5.41, 5.74) is 5.90. The van der Waals surface area contributed by atoms with Crippen molar-refractivity contribution in [2.45, 2.75) is 58.8 Å². The fourth-order valence-electron chi connectivity index (χ4n) is 2.56. The molecule has 1 nitrogen and oxygen atoms in total. The van der Waals surface area contributed by atoms with Crippen LogP contribution >= 0.6 is 0 Å². The van der Waals surface area contributed by atoms with Crippen molar-refractivity contribution in [1.29, 1.82) is 0 Å². The van der Waals surface area contributed by atoms with Gasteiger partial charge in [0.2, 0.25) is 0 Å². The summed E-state index contributed by atoms with van der Waals surface area (Å²) in [7, 11) is 0. The van der Waals surface area contributed by atoms with Gasteiger partial charge in [-0.1, -0.05) is 20.4 Å². The summed E-state index contributed by atoms with van der Waals surface area (Å²) in [6.07, 6.45) is 7.71. The summed E-state index contributed by atoms with van der Waals surface area (Å²) < 4.78 is 0. The average Bonchev–Trinajstić information content (AvgIpc) is 2.95. The molecule has 2 aliphatic carbocycles. The predicted octanol–water partition coefficient (Wildman–Crippen LogP) is 3.65. The van der Waals surface area contributed by atoms with Crippen molar-refractivity contribution in [2.24, 2.45) is 0 Å². The zero-order valence-corrected chi connectivity index (χ0v) is 8.84. The third-order valence-electron chi connectivity index (χ3n) is 3.52. The number of rotatable bonds is 2. The largest absolute Gasteiger partial charge is 0.257 e. The molecule has 0 unspecified atom stereocenters. The molecule has 0 spiro atoms. The summed E-state index contributed by atoms with van der Waals surface area (Å²) in [5.74, 6) is 0.864. The molecule has 1 fully saturated rings. The molecule has 0 amide bonds. The monoisotopic (exact) mass is 203 g/mol. The van der Waals surface area contributed by atoms with Crippen LogP contribution in [0.5, 0.6) is 0 Å². The first kappa shape index (κ1) is 10.7. The van der Waals surface area contributed by atoms with Crippen LogP contribution in [0.4, 0.5) is 0 Å². The second-order valence-corrected chi connectivity index (χ2v) is 4.61. The lowest BCUT2D eigenvalue weighted by molar-refractivity contribution is 0.885. The third kappa shape index (κ3) is 1.80. The van der Waals surface area contributed by atoms with Gasteiger partial charge in [0.15, 0.2) is 0 Å². The number of aryl methyl sites for hydroxylation is 3. The molecule has 0 aliphatic heterocycles. The van der Waals surface area contributed by atoms with Gasteiger partial charge in [-0.25, -0.2) is 0 Å². The molecule has 0 N–H and O–H groups in total. The van der Waals surface area contributed by atoms with Gasteiger partial charge in [0, 0.05) is 11.4 Å². The molecule has 0 atom stereocenters. The summed E-state index contributed by atoms with van der Waals surface area (Å²) >= 11 is 0. The average molecular weight is 203 g/mol. The highest BCUT2D eigenvalue weighted by molar-refractivity contribution is 5.37. The minimum atomic E-state index is 0. The van der Waals surface area contributed by atoms with Gasteiger partial charge in [-0.15, -0.1) is 0 Å². The molecule has 1 aromatic rings. The minimum Gasteiger partial charge on any atom is -0.257 e. The number of aromatic nitrogens is 1. The van der Waals surface area contributed by atoms with Crippen LogP contribution in [0.1, 0.15) is 62.0 Å². The molecule has 0 aromatic carbocycles. The summed E-state index contributed by atoms with van der Waals surface area (Å²) in [6.45, 7) is 2.23. The van der Waals surface area contributed by atoms with Gasteiger partial charge >= 0.3 is 0 Å². The van der Waals surface area contributed by atoms with E-state index in [0.29, 0.717) is 0 Å². The second kappa shape index (κ2) is 3.96. The molecule has 1 aromatic heterocycles. The second-order valence-electron chi connectivity index (χ2n) is 4.61. The zero-order chi connectivity index (χ0) is 9.54. The molecule has 2 aliphatic rings. The predicted molar refractivity (Wildman–Crippen MR) is 64.3 cm³/mol. The summed E-state index contributed by atoms with van der Waals surface area (Å²) in [5, 5.41) is 0. The Kier molecular flexibility index (Phi) is 2.81. The first-order chi connectivity index (χ1) is 6.88. The lowest BCUT2D eigenvalue weighted by Crippen LogP contribution is -2.00. The normalized spacial score (nSPS) is 18.5. The van der Waals surface area contributed by atoms with Gasteiger partial charge in [0.1, 0.15) is 0 Å². The maximum atomic E-state index is 4.83. The van der Waals surface area contributed by atoms with Crippen LogP contribution in [0.15, 0.2) is 6.07 Å². The SMILES string of the molecule is C.CCc1nc2c(cc1C1CC1)CCC2. The lowest BCUT2D eigenvalue weighted by Gasteiger charge is -2.09. The van der Waals surface area contributed by atoms with Crippen LogP contribution in [0.2, 0.25) is 0 Å². The van der Waals surface area contributed by atoms with Crippen molar-refractivity contribution in [3.05, 3.63) is 28.6 Å². The van der Waals surface area contributed by atoms with E-state index in [-0.39, 0.29) is 7.43 Å². The van der Waals surface area contributed by atoms with E-state index in [1.165, 1.54) is 43.5 Å². The molecule has 0 bridgehead atoms. The standard InChI is InChI=1S/C13H17N.CH4/c1-2-12-11(9-6-7-9)8-10-4-3-5-13(10)14-12;/h8-9H,2-7H2,1H3;1H4. The Morgan fingerprint density at radius 2 is 2.13 bits per heavy atom. The maximum Gasteiger partial charge on any atom is 0.0439 e. The molecular weight excluding hydrogens is 182 g/mol. The minimum absolute atomic E-state index is 0. The van der Waals surface area contributed by atoms with E-state index in [1.54, 1.807) is 11.1 Å². The van der Waals surface area contributed by atoms with Gasteiger partial charge in [0.25, 0.3) is 0 Å². The van der Waals surface area contributed by atoms with Crippen molar-refractivity contribution < 1.29 is 0 Å². The molecule has 1 saturated carbocycles. The summed E-state index contributed by atoms with van der Waals surface area (Å²) in [4.78, 5) is 4.83. The number of hydrogen-bond acceptors (Lipinski definition) is 1. The third-order valence-corrected chi connectivity index (χ3v) is 3.52. The van der Waals surface area contributed by atoms with Gasteiger partial charge in [-0.3, -0.25) is 4.98 Å². The number of nitrogens with zero attached hydrogens (tertiary/aromatic N) is 1. The Balaban J connectivity index is 0.000000853. The number of fused-ring (bicyclic) bond motifs is 1. The van der Waals surface area contributed by atoms with E-state index < -0.39 is 0 Å². The Bertz CT molecular complexity index is 364. The molecule has 3 rings (SSSR count). The fourth-order valence-corrected chi connectivity index (χ4v) is 2.56. The highest BCUT2D eigenvalue weighted by Crippen LogP contribution is 2.42. The van der Waals surface area contributed by atoms with Gasteiger partial charge in [-0.05, 0) is 55.6 Å². The lowest BCUT2D eigenvalue weighted by atomic mass is 10.0. The van der Waals surface area contributed by atoms with E-state index in [0.717, 1.165) is 12.3 Å². The molecule has 82 valence electrons. The highest BCUT2D eigenvalue weighted by Gasteiger charge is 2.28. The van der Waals surface area contributed by atoms with Crippen molar-refractivity contribution in [2.75, 3.05) is 0 Å². The molecule has 15 heavy (non-hydrogen) atoms. The Hall–Kier alpha value is -0.850.